The van der Waals surface area contributed by atoms with Crippen LogP contribution in [0.25, 0.3) is 10.9 Å². The SMILES string of the molecule is COc1ccc(NC(=O)c2nnc(CN3CCN(C(=O)c4cc5ccccc5[nH]4)CC3)s2)cc1. The number of carbonyl (C=O) groups excluding carboxylic acids is 2. The maximum absolute atomic E-state index is 12.9. The lowest BCUT2D eigenvalue weighted by Crippen LogP contribution is -2.48. The minimum Gasteiger partial charge on any atom is -0.497 e. The number of aromatic nitrogens is 3. The average molecular weight is 477 g/mol. The number of methoxy groups -OCH3 is 1. The van der Waals surface area contributed by atoms with Crippen LogP contribution in [0, 0.1) is 0 Å². The van der Waals surface area contributed by atoms with E-state index in [0.717, 1.165) is 34.7 Å². The molecular weight excluding hydrogens is 452 g/mol. The summed E-state index contributed by atoms with van der Waals surface area (Å²) >= 11 is 1.28. The highest BCUT2D eigenvalue weighted by Crippen LogP contribution is 2.20. The molecule has 0 aliphatic carbocycles. The summed E-state index contributed by atoms with van der Waals surface area (Å²) in [5.41, 5.74) is 2.25. The second-order valence-electron chi connectivity index (χ2n) is 8.02. The van der Waals surface area contributed by atoms with Crippen molar-refractivity contribution < 1.29 is 14.3 Å². The van der Waals surface area contributed by atoms with Gasteiger partial charge in [-0.25, -0.2) is 0 Å². The van der Waals surface area contributed by atoms with Gasteiger partial charge in [-0.2, -0.15) is 0 Å². The van der Waals surface area contributed by atoms with Crippen LogP contribution in [-0.4, -0.2) is 70.1 Å². The lowest BCUT2D eigenvalue weighted by molar-refractivity contribution is 0.0623. The third-order valence-electron chi connectivity index (χ3n) is 5.79. The van der Waals surface area contributed by atoms with Crippen LogP contribution >= 0.6 is 11.3 Å². The standard InChI is InChI=1S/C24H24N6O3S/c1-33-18-8-6-17(7-9-18)25-22(31)23-28-27-21(34-23)15-29-10-12-30(13-11-29)24(32)20-14-16-4-2-3-5-19(16)26-20/h2-9,14,26H,10-13,15H2,1H3,(H,25,31). The summed E-state index contributed by atoms with van der Waals surface area (Å²) in [5.74, 6) is 0.450. The van der Waals surface area contributed by atoms with Crippen LogP contribution < -0.4 is 10.1 Å². The maximum Gasteiger partial charge on any atom is 0.286 e. The number of aromatic amines is 1. The molecule has 34 heavy (non-hydrogen) atoms. The summed E-state index contributed by atoms with van der Waals surface area (Å²) in [4.78, 5) is 32.7. The number of rotatable bonds is 6. The number of nitrogens with one attached hydrogen (secondary N) is 2. The quantitative estimate of drug-likeness (QED) is 0.443. The van der Waals surface area contributed by atoms with Crippen molar-refractivity contribution in [3.63, 3.8) is 0 Å². The maximum atomic E-state index is 12.9. The Morgan fingerprint density at radius 2 is 1.82 bits per heavy atom. The van der Waals surface area contributed by atoms with E-state index in [0.29, 0.717) is 36.0 Å². The van der Waals surface area contributed by atoms with Crippen molar-refractivity contribution in [3.8, 4) is 5.75 Å². The number of fused-ring (bicyclic) bond motifs is 1. The fourth-order valence-corrected chi connectivity index (χ4v) is 4.70. The van der Waals surface area contributed by atoms with E-state index >= 15 is 0 Å². The van der Waals surface area contributed by atoms with E-state index in [1.807, 2.05) is 35.2 Å². The first-order valence-corrected chi connectivity index (χ1v) is 11.8. The first-order chi connectivity index (χ1) is 16.6. The Morgan fingerprint density at radius 1 is 1.06 bits per heavy atom. The third kappa shape index (κ3) is 4.78. The molecule has 2 N–H and O–H groups in total. The van der Waals surface area contributed by atoms with Gasteiger partial charge in [-0.15, -0.1) is 10.2 Å². The Morgan fingerprint density at radius 3 is 2.56 bits per heavy atom. The molecule has 3 heterocycles. The first kappa shape index (κ1) is 22.1. The number of amides is 2. The van der Waals surface area contributed by atoms with Gasteiger partial charge < -0.3 is 19.9 Å². The van der Waals surface area contributed by atoms with Crippen molar-refractivity contribution in [2.45, 2.75) is 6.54 Å². The van der Waals surface area contributed by atoms with Crippen LogP contribution in [0.1, 0.15) is 25.3 Å². The molecule has 2 aromatic carbocycles. The summed E-state index contributed by atoms with van der Waals surface area (Å²) in [6, 6.07) is 16.9. The molecule has 0 radical (unpaired) electrons. The molecule has 0 saturated carbocycles. The van der Waals surface area contributed by atoms with Crippen LogP contribution in [0.3, 0.4) is 0 Å². The number of anilines is 1. The normalized spacial score (nSPS) is 14.3. The number of para-hydroxylation sites is 1. The Kier molecular flexibility index (Phi) is 6.24. The molecule has 1 fully saturated rings. The summed E-state index contributed by atoms with van der Waals surface area (Å²) in [5, 5.41) is 13.2. The molecule has 5 rings (SSSR count). The van der Waals surface area contributed by atoms with Gasteiger partial charge in [-0.3, -0.25) is 14.5 Å². The lowest BCUT2D eigenvalue weighted by Gasteiger charge is -2.33. The lowest BCUT2D eigenvalue weighted by atomic mass is 10.2. The Balaban J connectivity index is 1.13. The highest BCUT2D eigenvalue weighted by molar-refractivity contribution is 7.13. The van der Waals surface area contributed by atoms with Gasteiger partial charge in [-0.05, 0) is 36.4 Å². The molecule has 0 spiro atoms. The molecule has 4 aromatic rings. The zero-order valence-electron chi connectivity index (χ0n) is 18.7. The smallest absolute Gasteiger partial charge is 0.286 e. The zero-order valence-corrected chi connectivity index (χ0v) is 19.5. The van der Waals surface area contributed by atoms with Gasteiger partial charge >= 0.3 is 0 Å². The van der Waals surface area contributed by atoms with Crippen LogP contribution in [-0.2, 0) is 6.54 Å². The van der Waals surface area contributed by atoms with Gasteiger partial charge in [0, 0.05) is 42.8 Å². The number of piperazine rings is 1. The molecule has 0 bridgehead atoms. The molecule has 0 unspecified atom stereocenters. The topological polar surface area (TPSA) is 103 Å². The van der Waals surface area contributed by atoms with Crippen LogP contribution in [0.15, 0.2) is 54.6 Å². The zero-order chi connectivity index (χ0) is 23.5. The molecule has 174 valence electrons. The van der Waals surface area contributed by atoms with Crippen molar-refractivity contribution in [3.05, 3.63) is 70.3 Å². The number of nitrogens with zero attached hydrogens (tertiary/aromatic N) is 4. The molecular formula is C24H24N6O3S. The van der Waals surface area contributed by atoms with E-state index in [4.69, 9.17) is 4.74 Å². The van der Waals surface area contributed by atoms with Crippen molar-refractivity contribution >= 4 is 39.7 Å². The van der Waals surface area contributed by atoms with Gasteiger partial charge in [0.2, 0.25) is 5.01 Å². The van der Waals surface area contributed by atoms with E-state index in [-0.39, 0.29) is 11.8 Å². The van der Waals surface area contributed by atoms with Crippen molar-refractivity contribution in [2.24, 2.45) is 0 Å². The fraction of sp³-hybridized carbons (Fsp3) is 0.250. The number of hydrogen-bond donors (Lipinski definition) is 2. The number of ether oxygens (including phenoxy) is 1. The van der Waals surface area contributed by atoms with Crippen molar-refractivity contribution in [1.29, 1.82) is 0 Å². The summed E-state index contributed by atoms with van der Waals surface area (Å²) in [6.07, 6.45) is 0. The number of carbonyl (C=O) groups is 2. The third-order valence-corrected chi connectivity index (χ3v) is 6.69. The van der Waals surface area contributed by atoms with Gasteiger partial charge in [0.05, 0.1) is 13.7 Å². The molecule has 2 aromatic heterocycles. The van der Waals surface area contributed by atoms with Gasteiger partial charge in [0.1, 0.15) is 16.5 Å². The molecule has 1 saturated heterocycles. The number of benzene rings is 2. The van der Waals surface area contributed by atoms with Crippen molar-refractivity contribution in [2.75, 3.05) is 38.6 Å². The van der Waals surface area contributed by atoms with Gasteiger partial charge in [-0.1, -0.05) is 29.5 Å². The first-order valence-electron chi connectivity index (χ1n) is 11.0. The Hall–Kier alpha value is -3.76. The van der Waals surface area contributed by atoms with Gasteiger partial charge in [0.25, 0.3) is 11.8 Å². The second kappa shape index (κ2) is 9.62. The summed E-state index contributed by atoms with van der Waals surface area (Å²) in [7, 11) is 1.59. The van der Waals surface area contributed by atoms with Crippen molar-refractivity contribution in [1.82, 2.24) is 25.0 Å². The highest BCUT2D eigenvalue weighted by atomic mass is 32.1. The average Bonchev–Trinajstić information content (AvgIpc) is 3.52. The van der Waals surface area contributed by atoms with Crippen LogP contribution in [0.4, 0.5) is 5.69 Å². The van der Waals surface area contributed by atoms with Crippen LogP contribution in [0.2, 0.25) is 0 Å². The van der Waals surface area contributed by atoms with E-state index in [2.05, 4.69) is 25.4 Å². The monoisotopic (exact) mass is 476 g/mol. The molecule has 1 aliphatic rings. The van der Waals surface area contributed by atoms with E-state index < -0.39 is 0 Å². The van der Waals surface area contributed by atoms with E-state index in [1.165, 1.54) is 11.3 Å². The molecule has 9 nitrogen and oxygen atoms in total. The largest absolute Gasteiger partial charge is 0.497 e. The second-order valence-corrected chi connectivity index (χ2v) is 9.08. The minimum atomic E-state index is -0.289. The minimum absolute atomic E-state index is 0.0178. The summed E-state index contributed by atoms with van der Waals surface area (Å²) < 4.78 is 5.13. The van der Waals surface area contributed by atoms with E-state index in [9.17, 15) is 9.59 Å². The molecule has 2 amide bonds. The predicted octanol–water partition coefficient (Wildman–Crippen LogP) is 3.24. The Labute approximate surface area is 200 Å². The highest BCUT2D eigenvalue weighted by Gasteiger charge is 2.24. The van der Waals surface area contributed by atoms with Crippen LogP contribution in [0.5, 0.6) is 5.75 Å². The van der Waals surface area contributed by atoms with Gasteiger partial charge in [0.15, 0.2) is 0 Å². The van der Waals surface area contributed by atoms with E-state index in [1.54, 1.807) is 31.4 Å². The number of hydrogen-bond acceptors (Lipinski definition) is 7. The predicted molar refractivity (Wildman–Crippen MR) is 130 cm³/mol. The Bertz CT molecular complexity index is 1270. The fourth-order valence-electron chi connectivity index (χ4n) is 3.93. The summed E-state index contributed by atoms with van der Waals surface area (Å²) in [6.45, 7) is 3.34. The number of H-pyrrole nitrogens is 1. The molecule has 0 atom stereocenters. The molecule has 10 heteroatoms. The molecule has 1 aliphatic heterocycles.